The third-order valence-electron chi connectivity index (χ3n) is 5.69. The van der Waals surface area contributed by atoms with Crippen LogP contribution in [0.5, 0.6) is 5.75 Å². The number of carbonyl (C=O) groups is 1. The van der Waals surface area contributed by atoms with E-state index in [-0.39, 0.29) is 11.9 Å². The van der Waals surface area contributed by atoms with E-state index in [0.29, 0.717) is 19.6 Å². The second-order valence-corrected chi connectivity index (χ2v) is 9.11. The van der Waals surface area contributed by atoms with Crippen molar-refractivity contribution in [2.75, 3.05) is 0 Å². The Labute approximate surface area is 189 Å². The first kappa shape index (κ1) is 23.0. The van der Waals surface area contributed by atoms with Crippen LogP contribution >= 0.6 is 11.3 Å². The Balaban J connectivity index is 1.66. The van der Waals surface area contributed by atoms with E-state index in [0.717, 1.165) is 34.0 Å². The molecule has 5 heteroatoms. The van der Waals surface area contributed by atoms with Gasteiger partial charge in [0.15, 0.2) is 0 Å². The Bertz CT molecular complexity index is 1010. The number of hydrogen-bond donors (Lipinski definition) is 0. The van der Waals surface area contributed by atoms with Crippen LogP contribution in [0.25, 0.3) is 0 Å². The molecule has 0 saturated heterocycles. The number of ether oxygens (including phenoxy) is 1. The summed E-state index contributed by atoms with van der Waals surface area (Å²) in [5, 5.41) is 2.96. The second-order valence-electron chi connectivity index (χ2n) is 8.17. The largest absolute Gasteiger partial charge is 0.486 e. The monoisotopic (exact) mass is 436 g/mol. The number of amides is 1. The zero-order chi connectivity index (χ0) is 22.4. The average Bonchev–Trinajstić information content (AvgIpc) is 3.21. The topological polar surface area (TPSA) is 42.4 Å². The fourth-order valence-corrected chi connectivity index (χ4v) is 4.23. The van der Waals surface area contributed by atoms with Gasteiger partial charge in [0.05, 0.1) is 18.7 Å². The maximum atomic E-state index is 13.0. The molecule has 0 radical (unpaired) electrons. The Hall–Kier alpha value is -2.66. The van der Waals surface area contributed by atoms with Crippen molar-refractivity contribution >= 4 is 17.2 Å². The third-order valence-corrected chi connectivity index (χ3v) is 6.56. The van der Waals surface area contributed by atoms with E-state index >= 15 is 0 Å². The number of carbonyl (C=O) groups excluding carboxylic acids is 1. The van der Waals surface area contributed by atoms with Crippen molar-refractivity contribution < 1.29 is 9.53 Å². The quantitative estimate of drug-likeness (QED) is 0.412. The smallest absolute Gasteiger partial charge is 0.227 e. The lowest BCUT2D eigenvalue weighted by Crippen LogP contribution is -2.38. The zero-order valence-corrected chi connectivity index (χ0v) is 20.0. The fraction of sp³-hybridized carbons (Fsp3) is 0.385. The van der Waals surface area contributed by atoms with E-state index in [1.807, 2.05) is 40.6 Å². The van der Waals surface area contributed by atoms with Gasteiger partial charge in [0.1, 0.15) is 17.4 Å². The van der Waals surface area contributed by atoms with Crippen molar-refractivity contribution in [3.63, 3.8) is 0 Å². The van der Waals surface area contributed by atoms with Crippen molar-refractivity contribution in [3.8, 4) is 5.75 Å². The summed E-state index contributed by atoms with van der Waals surface area (Å²) in [5.41, 5.74) is 5.55. The van der Waals surface area contributed by atoms with Gasteiger partial charge in [0.25, 0.3) is 0 Å². The Morgan fingerprint density at radius 2 is 1.90 bits per heavy atom. The van der Waals surface area contributed by atoms with Crippen LogP contribution in [0.1, 0.15) is 53.2 Å². The first-order valence-corrected chi connectivity index (χ1v) is 11.7. The molecule has 1 atom stereocenters. The SMILES string of the molecule is CC[C@@H](C)N(Cc1csc(COc2cc(C)cc(C)c2C)n1)C(=O)Cc1ccccc1. The van der Waals surface area contributed by atoms with Crippen molar-refractivity contribution in [1.29, 1.82) is 0 Å². The number of aryl methyl sites for hydroxylation is 2. The van der Waals surface area contributed by atoms with Crippen molar-refractivity contribution in [2.45, 2.75) is 66.7 Å². The first-order valence-electron chi connectivity index (χ1n) is 10.8. The van der Waals surface area contributed by atoms with E-state index in [9.17, 15) is 4.79 Å². The van der Waals surface area contributed by atoms with E-state index < -0.39 is 0 Å². The van der Waals surface area contributed by atoms with E-state index in [1.54, 1.807) is 11.3 Å². The molecule has 2 aromatic carbocycles. The Morgan fingerprint density at radius 3 is 2.61 bits per heavy atom. The van der Waals surface area contributed by atoms with Gasteiger partial charge in [0, 0.05) is 11.4 Å². The lowest BCUT2D eigenvalue weighted by molar-refractivity contribution is -0.133. The van der Waals surface area contributed by atoms with Gasteiger partial charge in [-0.15, -0.1) is 11.3 Å². The predicted octanol–water partition coefficient (Wildman–Crippen LogP) is 6.02. The van der Waals surface area contributed by atoms with Gasteiger partial charge >= 0.3 is 0 Å². The molecule has 1 heterocycles. The highest BCUT2D eigenvalue weighted by Gasteiger charge is 2.21. The lowest BCUT2D eigenvalue weighted by Gasteiger charge is -2.28. The molecule has 164 valence electrons. The summed E-state index contributed by atoms with van der Waals surface area (Å²) >= 11 is 1.59. The molecular weight excluding hydrogens is 404 g/mol. The maximum absolute atomic E-state index is 13.0. The minimum absolute atomic E-state index is 0.136. The minimum Gasteiger partial charge on any atom is -0.486 e. The van der Waals surface area contributed by atoms with Gasteiger partial charge in [-0.25, -0.2) is 4.98 Å². The van der Waals surface area contributed by atoms with Crippen LogP contribution in [0.3, 0.4) is 0 Å². The van der Waals surface area contributed by atoms with Crippen LogP contribution in [0, 0.1) is 20.8 Å². The second kappa shape index (κ2) is 10.6. The molecule has 3 rings (SSSR count). The summed E-state index contributed by atoms with van der Waals surface area (Å²) in [7, 11) is 0. The van der Waals surface area contributed by atoms with Gasteiger partial charge in [-0.2, -0.15) is 0 Å². The highest BCUT2D eigenvalue weighted by molar-refractivity contribution is 7.09. The number of benzene rings is 2. The Morgan fingerprint density at radius 1 is 1.16 bits per heavy atom. The summed E-state index contributed by atoms with van der Waals surface area (Å²) in [4.78, 5) is 19.7. The number of aromatic nitrogens is 1. The van der Waals surface area contributed by atoms with E-state index in [4.69, 9.17) is 9.72 Å². The molecule has 0 unspecified atom stereocenters. The van der Waals surface area contributed by atoms with Crippen LogP contribution < -0.4 is 4.74 Å². The summed E-state index contributed by atoms with van der Waals surface area (Å²) in [6.07, 6.45) is 1.32. The average molecular weight is 437 g/mol. The van der Waals surface area contributed by atoms with Crippen molar-refractivity contribution in [2.24, 2.45) is 0 Å². The molecule has 0 aliphatic rings. The molecule has 3 aromatic rings. The predicted molar refractivity (Wildman–Crippen MR) is 128 cm³/mol. The molecule has 0 bridgehead atoms. The highest BCUT2D eigenvalue weighted by Crippen LogP contribution is 2.25. The number of thiazole rings is 1. The van der Waals surface area contributed by atoms with Crippen LogP contribution in [-0.4, -0.2) is 21.8 Å². The third kappa shape index (κ3) is 6.17. The molecule has 0 fully saturated rings. The van der Waals surface area contributed by atoms with Gasteiger partial charge in [-0.05, 0) is 62.4 Å². The lowest BCUT2D eigenvalue weighted by atomic mass is 10.1. The number of hydrogen-bond acceptors (Lipinski definition) is 4. The normalized spacial score (nSPS) is 11.9. The van der Waals surface area contributed by atoms with Crippen LogP contribution in [0.15, 0.2) is 47.8 Å². The molecule has 0 spiro atoms. The Kier molecular flexibility index (Phi) is 7.85. The molecule has 0 saturated carbocycles. The number of nitrogens with zero attached hydrogens (tertiary/aromatic N) is 2. The molecule has 1 aromatic heterocycles. The van der Waals surface area contributed by atoms with Gasteiger partial charge in [-0.3, -0.25) is 4.79 Å². The van der Waals surface area contributed by atoms with E-state index in [1.165, 1.54) is 11.1 Å². The summed E-state index contributed by atoms with van der Waals surface area (Å²) in [6, 6.07) is 14.3. The molecule has 31 heavy (non-hydrogen) atoms. The number of rotatable bonds is 9. The molecule has 0 N–H and O–H groups in total. The summed E-state index contributed by atoms with van der Waals surface area (Å²) < 4.78 is 6.07. The van der Waals surface area contributed by atoms with Crippen molar-refractivity contribution in [3.05, 3.63) is 80.8 Å². The van der Waals surface area contributed by atoms with Crippen molar-refractivity contribution in [1.82, 2.24) is 9.88 Å². The molecule has 1 amide bonds. The summed E-state index contributed by atoms with van der Waals surface area (Å²) in [6.45, 7) is 11.4. The van der Waals surface area contributed by atoms with Crippen LogP contribution in [0.4, 0.5) is 0 Å². The first-order chi connectivity index (χ1) is 14.9. The van der Waals surface area contributed by atoms with Crippen LogP contribution in [-0.2, 0) is 24.4 Å². The van der Waals surface area contributed by atoms with E-state index in [2.05, 4.69) is 46.8 Å². The molecule has 4 nitrogen and oxygen atoms in total. The standard InChI is InChI=1S/C26H32N2O2S/c1-6-20(4)28(26(29)14-22-10-8-7-9-11-22)15-23-17-31-25(27-23)16-30-24-13-18(2)12-19(3)21(24)5/h7-13,17,20H,6,14-16H2,1-5H3/t20-/m1/s1. The van der Waals surface area contributed by atoms with Gasteiger partial charge < -0.3 is 9.64 Å². The fourth-order valence-electron chi connectivity index (χ4n) is 3.53. The molecule has 0 aliphatic carbocycles. The molecular formula is C26H32N2O2S. The van der Waals surface area contributed by atoms with Crippen LogP contribution in [0.2, 0.25) is 0 Å². The minimum atomic E-state index is 0.136. The zero-order valence-electron chi connectivity index (χ0n) is 19.1. The molecule has 0 aliphatic heterocycles. The summed E-state index contributed by atoms with van der Waals surface area (Å²) in [5.74, 6) is 1.05. The van der Waals surface area contributed by atoms with Gasteiger partial charge in [0.2, 0.25) is 5.91 Å². The highest BCUT2D eigenvalue weighted by atomic mass is 32.1. The maximum Gasteiger partial charge on any atom is 0.227 e. The van der Waals surface area contributed by atoms with Gasteiger partial charge in [-0.1, -0.05) is 43.3 Å².